The Morgan fingerprint density at radius 2 is 1.88 bits per heavy atom. The van der Waals surface area contributed by atoms with Gasteiger partial charge in [0.2, 0.25) is 0 Å². The first-order chi connectivity index (χ1) is 12.5. The zero-order chi connectivity index (χ0) is 18.3. The Hall–Kier alpha value is -2.21. The third-order valence-corrected chi connectivity index (χ3v) is 5.55. The summed E-state index contributed by atoms with van der Waals surface area (Å²) in [5.74, 6) is 0. The minimum Gasteiger partial charge on any atom is -0.265 e. The van der Waals surface area contributed by atoms with Crippen LogP contribution in [0.5, 0.6) is 0 Å². The van der Waals surface area contributed by atoms with Crippen molar-refractivity contribution in [2.24, 2.45) is 0 Å². The van der Waals surface area contributed by atoms with Crippen LogP contribution in [-0.4, -0.2) is 14.8 Å². The molecule has 4 aromatic rings. The summed E-state index contributed by atoms with van der Waals surface area (Å²) in [6.07, 6.45) is 0. The van der Waals surface area contributed by atoms with Crippen LogP contribution in [0.1, 0.15) is 10.6 Å². The van der Waals surface area contributed by atoms with Crippen LogP contribution in [0.25, 0.3) is 21.5 Å². The van der Waals surface area contributed by atoms with Gasteiger partial charge in [0.1, 0.15) is 5.69 Å². The number of aromatic nitrogens is 3. The standard InChI is InChI=1S/C19H13Cl2N3OS/c1-11-22-17-18(26-11)16(12-5-3-2-4-6-12)23-24(19(17)25)10-13-7-8-14(20)9-15(13)21/h2-9H,10H2,1H3. The van der Waals surface area contributed by atoms with Crippen LogP contribution >= 0.6 is 34.5 Å². The lowest BCUT2D eigenvalue weighted by molar-refractivity contribution is 0.650. The average molecular weight is 402 g/mol. The molecular formula is C19H13Cl2N3OS. The van der Waals surface area contributed by atoms with Gasteiger partial charge in [0.25, 0.3) is 5.56 Å². The van der Waals surface area contributed by atoms with Gasteiger partial charge in [0, 0.05) is 15.6 Å². The molecule has 0 bridgehead atoms. The second-order valence-corrected chi connectivity index (χ2v) is 7.87. The zero-order valence-corrected chi connectivity index (χ0v) is 16.1. The molecule has 2 aromatic heterocycles. The molecule has 2 heterocycles. The minimum absolute atomic E-state index is 0.227. The first-order valence-electron chi connectivity index (χ1n) is 7.90. The van der Waals surface area contributed by atoms with Gasteiger partial charge in [-0.25, -0.2) is 9.67 Å². The van der Waals surface area contributed by atoms with Gasteiger partial charge in [-0.05, 0) is 24.6 Å². The van der Waals surface area contributed by atoms with Gasteiger partial charge in [-0.2, -0.15) is 5.10 Å². The molecule has 2 aromatic carbocycles. The van der Waals surface area contributed by atoms with E-state index in [0.717, 1.165) is 26.5 Å². The third-order valence-electron chi connectivity index (χ3n) is 3.99. The summed E-state index contributed by atoms with van der Waals surface area (Å²) in [4.78, 5) is 17.3. The first-order valence-corrected chi connectivity index (χ1v) is 9.48. The molecule has 0 saturated carbocycles. The highest BCUT2D eigenvalue weighted by Gasteiger charge is 2.17. The Bertz CT molecular complexity index is 1170. The highest BCUT2D eigenvalue weighted by atomic mass is 35.5. The van der Waals surface area contributed by atoms with E-state index in [-0.39, 0.29) is 12.1 Å². The smallest absolute Gasteiger partial charge is 0.265 e. The summed E-state index contributed by atoms with van der Waals surface area (Å²) >= 11 is 13.7. The van der Waals surface area contributed by atoms with Crippen LogP contribution < -0.4 is 5.56 Å². The van der Waals surface area contributed by atoms with Crippen LogP contribution in [0.15, 0.2) is 53.3 Å². The lowest BCUT2D eigenvalue weighted by Crippen LogP contribution is -2.24. The molecule has 0 radical (unpaired) electrons. The Labute approximate surface area is 163 Å². The van der Waals surface area contributed by atoms with Crippen molar-refractivity contribution in [3.8, 4) is 11.3 Å². The van der Waals surface area contributed by atoms with Crippen molar-refractivity contribution in [1.29, 1.82) is 0 Å². The number of hydrogen-bond donors (Lipinski definition) is 0. The molecule has 0 N–H and O–H groups in total. The number of thiazole rings is 1. The summed E-state index contributed by atoms with van der Waals surface area (Å²) in [5.41, 5.74) is 2.67. The lowest BCUT2D eigenvalue weighted by Gasteiger charge is -2.10. The molecule has 130 valence electrons. The molecule has 26 heavy (non-hydrogen) atoms. The van der Waals surface area contributed by atoms with Crippen LogP contribution in [0.2, 0.25) is 10.0 Å². The highest BCUT2D eigenvalue weighted by Crippen LogP contribution is 2.29. The molecule has 0 aliphatic rings. The first kappa shape index (κ1) is 17.2. The molecule has 0 amide bonds. The number of nitrogens with zero attached hydrogens (tertiary/aromatic N) is 3. The zero-order valence-electron chi connectivity index (χ0n) is 13.7. The Morgan fingerprint density at radius 3 is 2.62 bits per heavy atom. The number of rotatable bonds is 3. The van der Waals surface area contributed by atoms with E-state index in [1.807, 2.05) is 37.3 Å². The second-order valence-electron chi connectivity index (χ2n) is 5.82. The van der Waals surface area contributed by atoms with E-state index in [1.54, 1.807) is 18.2 Å². The Balaban J connectivity index is 1.92. The van der Waals surface area contributed by atoms with E-state index in [4.69, 9.17) is 23.2 Å². The van der Waals surface area contributed by atoms with E-state index >= 15 is 0 Å². The molecule has 4 nitrogen and oxygen atoms in total. The fourth-order valence-electron chi connectivity index (χ4n) is 2.77. The largest absolute Gasteiger partial charge is 0.294 e. The summed E-state index contributed by atoms with van der Waals surface area (Å²) < 4.78 is 2.22. The van der Waals surface area contributed by atoms with E-state index in [9.17, 15) is 4.79 Å². The predicted molar refractivity (Wildman–Crippen MR) is 107 cm³/mol. The quantitative estimate of drug-likeness (QED) is 0.474. The van der Waals surface area contributed by atoms with Gasteiger partial charge in [0.15, 0.2) is 5.52 Å². The van der Waals surface area contributed by atoms with Crippen molar-refractivity contribution in [1.82, 2.24) is 14.8 Å². The van der Waals surface area contributed by atoms with Gasteiger partial charge < -0.3 is 0 Å². The van der Waals surface area contributed by atoms with Crippen molar-refractivity contribution in [3.05, 3.63) is 79.5 Å². The molecule has 7 heteroatoms. The van der Waals surface area contributed by atoms with Crippen molar-refractivity contribution in [2.45, 2.75) is 13.5 Å². The SMILES string of the molecule is Cc1nc2c(=O)n(Cc3ccc(Cl)cc3Cl)nc(-c3ccccc3)c2s1. The maximum absolute atomic E-state index is 12.9. The van der Waals surface area contributed by atoms with Gasteiger partial charge >= 0.3 is 0 Å². The number of hydrogen-bond acceptors (Lipinski definition) is 4. The molecule has 0 atom stereocenters. The van der Waals surface area contributed by atoms with Crippen LogP contribution in [0.3, 0.4) is 0 Å². The molecule has 4 rings (SSSR count). The minimum atomic E-state index is -0.227. The number of fused-ring (bicyclic) bond motifs is 1. The van der Waals surface area contributed by atoms with Gasteiger partial charge in [-0.15, -0.1) is 11.3 Å². The third kappa shape index (κ3) is 3.14. The predicted octanol–water partition coefficient (Wildman–Crippen LogP) is 5.18. The van der Waals surface area contributed by atoms with Crippen molar-refractivity contribution >= 4 is 44.8 Å². The molecule has 0 aliphatic heterocycles. The maximum Gasteiger partial charge on any atom is 0.294 e. The molecule has 0 saturated heterocycles. The highest BCUT2D eigenvalue weighted by molar-refractivity contribution is 7.19. The Kier molecular flexibility index (Phi) is 4.53. The number of halogens is 2. The maximum atomic E-state index is 12.9. The van der Waals surface area contributed by atoms with Crippen LogP contribution in [0, 0.1) is 6.92 Å². The summed E-state index contributed by atoms with van der Waals surface area (Å²) in [5, 5.41) is 6.51. The van der Waals surface area contributed by atoms with Crippen molar-refractivity contribution in [2.75, 3.05) is 0 Å². The number of aryl methyl sites for hydroxylation is 1. The van der Waals surface area contributed by atoms with Gasteiger partial charge in [0.05, 0.1) is 16.3 Å². The number of benzene rings is 2. The average Bonchev–Trinajstić information content (AvgIpc) is 3.02. The summed E-state index contributed by atoms with van der Waals surface area (Å²) in [6.45, 7) is 2.14. The second kappa shape index (κ2) is 6.83. The topological polar surface area (TPSA) is 47.8 Å². The van der Waals surface area contributed by atoms with E-state index in [2.05, 4.69) is 10.1 Å². The summed E-state index contributed by atoms with van der Waals surface area (Å²) in [6, 6.07) is 15.0. The molecule has 0 aliphatic carbocycles. The Morgan fingerprint density at radius 1 is 1.12 bits per heavy atom. The van der Waals surface area contributed by atoms with Gasteiger partial charge in [-0.3, -0.25) is 4.79 Å². The normalized spacial score (nSPS) is 11.2. The summed E-state index contributed by atoms with van der Waals surface area (Å²) in [7, 11) is 0. The fourth-order valence-corrected chi connectivity index (χ4v) is 4.16. The van der Waals surface area contributed by atoms with Crippen LogP contribution in [0.4, 0.5) is 0 Å². The molecule has 0 spiro atoms. The van der Waals surface area contributed by atoms with E-state index in [0.29, 0.717) is 15.6 Å². The van der Waals surface area contributed by atoms with Crippen molar-refractivity contribution in [3.63, 3.8) is 0 Å². The lowest BCUT2D eigenvalue weighted by atomic mass is 10.1. The molecule has 0 unspecified atom stereocenters. The fraction of sp³-hybridized carbons (Fsp3) is 0.105. The molecular weight excluding hydrogens is 389 g/mol. The monoisotopic (exact) mass is 401 g/mol. The van der Waals surface area contributed by atoms with E-state index < -0.39 is 0 Å². The molecule has 0 fully saturated rings. The van der Waals surface area contributed by atoms with Crippen molar-refractivity contribution < 1.29 is 0 Å². The van der Waals surface area contributed by atoms with E-state index in [1.165, 1.54) is 16.0 Å². The van der Waals surface area contributed by atoms with Gasteiger partial charge in [-0.1, -0.05) is 59.6 Å². The van der Waals surface area contributed by atoms with Crippen LogP contribution in [-0.2, 0) is 6.54 Å².